The molecule has 0 spiro atoms. The van der Waals surface area contributed by atoms with E-state index in [1.54, 1.807) is 0 Å². The van der Waals surface area contributed by atoms with E-state index >= 15 is 0 Å². The number of carbonyl (C=O) groups is 1. The predicted molar refractivity (Wildman–Crippen MR) is 84.9 cm³/mol. The zero-order valence-corrected chi connectivity index (χ0v) is 12.9. The number of carboxylic acids is 1. The summed E-state index contributed by atoms with van der Waals surface area (Å²) >= 11 is 2.00. The Hall–Kier alpha value is -1.33. The average Bonchev–Trinajstić information content (AvgIpc) is 2.45. The molecule has 3 nitrogen and oxygen atoms in total. The number of benzene rings is 1. The molecule has 5 heteroatoms. The first-order chi connectivity index (χ1) is 10.1. The fraction of sp³-hybridized carbons (Fsp3) is 0.438. The molecule has 1 atom stereocenters. The summed E-state index contributed by atoms with van der Waals surface area (Å²) in [4.78, 5) is 12.9. The molecular formula is C16H20FNO2S. The second kappa shape index (κ2) is 7.61. The molecule has 1 saturated heterocycles. The molecule has 1 aliphatic heterocycles. The number of hydrogen-bond donors (Lipinski definition) is 1. The zero-order valence-electron chi connectivity index (χ0n) is 12.1. The lowest BCUT2D eigenvalue weighted by Crippen LogP contribution is -2.37. The van der Waals surface area contributed by atoms with Crippen LogP contribution in [0.5, 0.6) is 0 Å². The second-order valence-electron chi connectivity index (χ2n) is 5.20. The maximum absolute atomic E-state index is 13.6. The number of hydrogen-bond acceptors (Lipinski definition) is 3. The molecule has 0 bridgehead atoms. The summed E-state index contributed by atoms with van der Waals surface area (Å²) in [5.41, 5.74) is 1.48. The van der Waals surface area contributed by atoms with Gasteiger partial charge in [0.1, 0.15) is 5.82 Å². The van der Waals surface area contributed by atoms with E-state index in [2.05, 4.69) is 11.8 Å². The third-order valence-electron chi connectivity index (χ3n) is 3.48. The quantitative estimate of drug-likeness (QED) is 0.848. The van der Waals surface area contributed by atoms with Crippen LogP contribution in [0.4, 0.5) is 4.39 Å². The van der Waals surface area contributed by atoms with Crippen LogP contribution >= 0.6 is 11.8 Å². The number of carboxylic acid groups (broad SMARTS) is 1. The van der Waals surface area contributed by atoms with Crippen molar-refractivity contribution < 1.29 is 14.3 Å². The highest BCUT2D eigenvalue weighted by Gasteiger charge is 2.19. The van der Waals surface area contributed by atoms with Gasteiger partial charge in [0.05, 0.1) is 0 Å². The number of rotatable bonds is 5. The molecule has 1 unspecified atom stereocenters. The smallest absolute Gasteiger partial charge is 0.328 e. The van der Waals surface area contributed by atoms with Crippen molar-refractivity contribution in [2.45, 2.75) is 25.1 Å². The molecule has 1 N–H and O–H groups in total. The lowest BCUT2D eigenvalue weighted by molar-refractivity contribution is -0.131. The van der Waals surface area contributed by atoms with Gasteiger partial charge < -0.3 is 5.11 Å². The molecular weight excluding hydrogens is 289 g/mol. The van der Waals surface area contributed by atoms with Crippen molar-refractivity contribution in [3.63, 3.8) is 0 Å². The van der Waals surface area contributed by atoms with Crippen molar-refractivity contribution in [2.75, 3.05) is 18.8 Å². The first-order valence-electron chi connectivity index (χ1n) is 7.11. The van der Waals surface area contributed by atoms with Crippen molar-refractivity contribution in [2.24, 2.45) is 0 Å². The molecule has 1 aromatic carbocycles. The van der Waals surface area contributed by atoms with Gasteiger partial charge >= 0.3 is 5.97 Å². The van der Waals surface area contributed by atoms with Crippen LogP contribution in [0, 0.1) is 5.82 Å². The first kappa shape index (κ1) is 16.0. The molecule has 0 amide bonds. The molecule has 1 aliphatic rings. The van der Waals surface area contributed by atoms with E-state index in [4.69, 9.17) is 5.11 Å². The number of nitrogens with zero attached hydrogens (tertiary/aromatic N) is 1. The van der Waals surface area contributed by atoms with E-state index in [1.807, 2.05) is 17.8 Å². The maximum atomic E-state index is 13.6. The fourth-order valence-electron chi connectivity index (χ4n) is 2.46. The van der Waals surface area contributed by atoms with E-state index in [0.717, 1.165) is 36.9 Å². The van der Waals surface area contributed by atoms with Gasteiger partial charge in [-0.25, -0.2) is 9.18 Å². The second-order valence-corrected chi connectivity index (χ2v) is 6.61. The summed E-state index contributed by atoms with van der Waals surface area (Å²) in [6.45, 7) is 4.94. The van der Waals surface area contributed by atoms with Crippen molar-refractivity contribution in [1.29, 1.82) is 0 Å². The SMILES string of the molecule is CCC1CN(Cc2cc(F)cc(/C=C/C(=O)O)c2)CCS1. The Morgan fingerprint density at radius 1 is 1.52 bits per heavy atom. The standard InChI is InChI=1S/C16H20FNO2S/c1-2-15-11-18(5-6-21-15)10-13-7-12(3-4-16(19)20)8-14(17)9-13/h3-4,7-9,15H,2,5-6,10-11H2,1H3,(H,19,20)/b4-3+. The molecule has 2 rings (SSSR count). The van der Waals surface area contributed by atoms with Crippen LogP contribution in [0.1, 0.15) is 24.5 Å². The number of aliphatic carboxylic acids is 1. The van der Waals surface area contributed by atoms with E-state index in [0.29, 0.717) is 17.4 Å². The summed E-state index contributed by atoms with van der Waals surface area (Å²) in [5.74, 6) is -0.241. The third-order valence-corrected chi connectivity index (χ3v) is 4.85. The Balaban J connectivity index is 2.07. The molecule has 1 aromatic rings. The minimum atomic E-state index is -1.03. The summed E-state index contributed by atoms with van der Waals surface area (Å²) in [5, 5.41) is 9.29. The van der Waals surface area contributed by atoms with Crippen LogP contribution in [0.3, 0.4) is 0 Å². The Kier molecular flexibility index (Phi) is 5.82. The normalized spacial score (nSPS) is 20.0. The van der Waals surface area contributed by atoms with Crippen molar-refractivity contribution >= 4 is 23.8 Å². The van der Waals surface area contributed by atoms with E-state index in [-0.39, 0.29) is 5.82 Å². The molecule has 0 saturated carbocycles. The highest BCUT2D eigenvalue weighted by molar-refractivity contribution is 8.00. The zero-order chi connectivity index (χ0) is 15.2. The van der Waals surface area contributed by atoms with Gasteiger partial charge in [-0.1, -0.05) is 13.0 Å². The lowest BCUT2D eigenvalue weighted by atomic mass is 10.1. The van der Waals surface area contributed by atoms with Crippen LogP contribution in [-0.4, -0.2) is 40.1 Å². The number of halogens is 1. The van der Waals surface area contributed by atoms with E-state index in [9.17, 15) is 9.18 Å². The van der Waals surface area contributed by atoms with Crippen LogP contribution in [0.2, 0.25) is 0 Å². The largest absolute Gasteiger partial charge is 0.478 e. The lowest BCUT2D eigenvalue weighted by Gasteiger charge is -2.31. The van der Waals surface area contributed by atoms with Gasteiger partial charge in [0.2, 0.25) is 0 Å². The minimum absolute atomic E-state index is 0.323. The van der Waals surface area contributed by atoms with Crippen LogP contribution in [0.15, 0.2) is 24.3 Å². The Labute approximate surface area is 128 Å². The molecule has 0 radical (unpaired) electrons. The van der Waals surface area contributed by atoms with Crippen molar-refractivity contribution in [1.82, 2.24) is 4.90 Å². The Morgan fingerprint density at radius 2 is 2.33 bits per heavy atom. The van der Waals surface area contributed by atoms with Gasteiger partial charge in [-0.3, -0.25) is 4.90 Å². The van der Waals surface area contributed by atoms with Crippen LogP contribution in [-0.2, 0) is 11.3 Å². The van der Waals surface area contributed by atoms with Crippen molar-refractivity contribution in [3.05, 3.63) is 41.2 Å². The summed E-state index contributed by atoms with van der Waals surface area (Å²) in [6.07, 6.45) is 3.61. The molecule has 1 heterocycles. The molecule has 21 heavy (non-hydrogen) atoms. The summed E-state index contributed by atoms with van der Waals surface area (Å²) in [6, 6.07) is 4.73. The maximum Gasteiger partial charge on any atom is 0.328 e. The van der Waals surface area contributed by atoms with Crippen LogP contribution < -0.4 is 0 Å². The highest BCUT2D eigenvalue weighted by atomic mass is 32.2. The van der Waals surface area contributed by atoms with Gasteiger partial charge in [-0.2, -0.15) is 11.8 Å². The van der Waals surface area contributed by atoms with E-state index < -0.39 is 5.97 Å². The molecule has 114 valence electrons. The Morgan fingerprint density at radius 3 is 3.05 bits per heavy atom. The molecule has 0 aliphatic carbocycles. The first-order valence-corrected chi connectivity index (χ1v) is 8.16. The molecule has 0 aromatic heterocycles. The van der Waals surface area contributed by atoms with Gasteiger partial charge in [0, 0.05) is 36.7 Å². The van der Waals surface area contributed by atoms with Gasteiger partial charge in [0.25, 0.3) is 0 Å². The monoisotopic (exact) mass is 309 g/mol. The summed E-state index contributed by atoms with van der Waals surface area (Å²) in [7, 11) is 0. The highest BCUT2D eigenvalue weighted by Crippen LogP contribution is 2.23. The fourth-order valence-corrected chi connectivity index (χ4v) is 3.71. The van der Waals surface area contributed by atoms with Gasteiger partial charge in [-0.05, 0) is 35.8 Å². The molecule has 1 fully saturated rings. The van der Waals surface area contributed by atoms with Gasteiger partial charge in [-0.15, -0.1) is 0 Å². The van der Waals surface area contributed by atoms with Gasteiger partial charge in [0.15, 0.2) is 0 Å². The Bertz CT molecular complexity index is 533. The van der Waals surface area contributed by atoms with E-state index in [1.165, 1.54) is 18.2 Å². The average molecular weight is 309 g/mol. The van der Waals surface area contributed by atoms with Crippen molar-refractivity contribution in [3.8, 4) is 0 Å². The van der Waals surface area contributed by atoms with Crippen LogP contribution in [0.25, 0.3) is 6.08 Å². The minimum Gasteiger partial charge on any atom is -0.478 e. The third kappa shape index (κ3) is 5.17. The predicted octanol–water partition coefficient (Wildman–Crippen LogP) is 3.25. The summed E-state index contributed by atoms with van der Waals surface area (Å²) < 4.78 is 13.6. The topological polar surface area (TPSA) is 40.5 Å². The number of thioether (sulfide) groups is 1.